The van der Waals surface area contributed by atoms with Crippen LogP contribution in [0.15, 0.2) is 78.0 Å². The molecule has 2 heterocycles. The molecule has 170 valence electrons. The minimum atomic E-state index is -0.348. The summed E-state index contributed by atoms with van der Waals surface area (Å²) in [5, 5.41) is 10.2. The Morgan fingerprint density at radius 1 is 1.03 bits per heavy atom. The van der Waals surface area contributed by atoms with Gasteiger partial charge in [0.1, 0.15) is 17.4 Å². The van der Waals surface area contributed by atoms with E-state index in [2.05, 4.69) is 10.2 Å². The Morgan fingerprint density at radius 2 is 1.76 bits per heavy atom. The van der Waals surface area contributed by atoms with Crippen LogP contribution >= 0.6 is 11.8 Å². The molecule has 0 aliphatic heterocycles. The Hall–Kier alpha value is -3.98. The molecule has 1 amide bonds. The van der Waals surface area contributed by atoms with Crippen molar-refractivity contribution in [3.63, 3.8) is 0 Å². The molecule has 3 aromatic carbocycles. The van der Waals surface area contributed by atoms with Crippen LogP contribution in [0.4, 0.5) is 10.1 Å². The monoisotopic (exact) mass is 473 g/mol. The number of carbonyl (C=O) groups excluding carboxylic acids is 1. The Morgan fingerprint density at radius 3 is 2.50 bits per heavy atom. The molecule has 0 unspecified atom stereocenters. The van der Waals surface area contributed by atoms with Crippen molar-refractivity contribution in [2.45, 2.75) is 5.16 Å². The number of ether oxygens (including phenoxy) is 1. The lowest BCUT2D eigenvalue weighted by atomic mass is 10.1. The van der Waals surface area contributed by atoms with Crippen LogP contribution in [0.25, 0.3) is 27.9 Å². The first-order valence-electron chi connectivity index (χ1n) is 10.5. The van der Waals surface area contributed by atoms with Gasteiger partial charge in [0.25, 0.3) is 0 Å². The van der Waals surface area contributed by atoms with E-state index in [1.54, 1.807) is 26.3 Å². The summed E-state index contributed by atoms with van der Waals surface area (Å²) < 4.78 is 20.4. The molecule has 0 saturated carbocycles. The van der Waals surface area contributed by atoms with E-state index >= 15 is 0 Å². The second-order valence-electron chi connectivity index (χ2n) is 7.54. The van der Waals surface area contributed by atoms with Gasteiger partial charge in [-0.05, 0) is 60.7 Å². The number of carbonyl (C=O) groups is 1. The summed E-state index contributed by atoms with van der Waals surface area (Å²) in [6, 6.07) is 21.1. The summed E-state index contributed by atoms with van der Waals surface area (Å²) in [5.41, 5.74) is 2.95. The third kappa shape index (κ3) is 4.06. The number of methoxy groups -OCH3 is 1. The first-order valence-corrected chi connectivity index (χ1v) is 11.5. The minimum Gasteiger partial charge on any atom is -0.497 e. The molecule has 34 heavy (non-hydrogen) atoms. The van der Waals surface area contributed by atoms with Gasteiger partial charge in [0.2, 0.25) is 5.91 Å². The van der Waals surface area contributed by atoms with Crippen LogP contribution in [-0.2, 0) is 4.79 Å². The molecule has 0 N–H and O–H groups in total. The minimum absolute atomic E-state index is 0.129. The number of anilines is 1. The number of amides is 1. The van der Waals surface area contributed by atoms with Crippen LogP contribution in [0.3, 0.4) is 0 Å². The molecule has 5 aromatic rings. The fraction of sp³-hybridized carbons (Fsp3) is 0.120. The van der Waals surface area contributed by atoms with Gasteiger partial charge in [-0.1, -0.05) is 23.9 Å². The quantitative estimate of drug-likeness (QED) is 0.329. The number of rotatable bonds is 6. The molecule has 0 atom stereocenters. The van der Waals surface area contributed by atoms with Crippen molar-refractivity contribution >= 4 is 39.9 Å². The third-order valence-electron chi connectivity index (χ3n) is 5.48. The molecule has 0 saturated heterocycles. The van der Waals surface area contributed by atoms with Crippen LogP contribution in [0.2, 0.25) is 0 Å². The molecule has 5 rings (SSSR count). The number of hydrogen-bond acceptors (Lipinski definition) is 6. The summed E-state index contributed by atoms with van der Waals surface area (Å²) in [4.78, 5) is 19.2. The first-order chi connectivity index (χ1) is 16.5. The van der Waals surface area contributed by atoms with Crippen LogP contribution in [0, 0.1) is 5.82 Å². The lowest BCUT2D eigenvalue weighted by Crippen LogP contribution is -2.28. The van der Waals surface area contributed by atoms with E-state index < -0.39 is 0 Å². The second-order valence-corrected chi connectivity index (χ2v) is 8.48. The Labute approximate surface area is 199 Å². The average Bonchev–Trinajstić information content (AvgIpc) is 3.31. The van der Waals surface area contributed by atoms with Crippen molar-refractivity contribution < 1.29 is 13.9 Å². The first kappa shape index (κ1) is 21.8. The van der Waals surface area contributed by atoms with Gasteiger partial charge < -0.3 is 9.64 Å². The third-order valence-corrected chi connectivity index (χ3v) is 6.39. The van der Waals surface area contributed by atoms with Crippen LogP contribution < -0.4 is 9.64 Å². The van der Waals surface area contributed by atoms with Crippen LogP contribution in [-0.4, -0.2) is 45.4 Å². The number of para-hydroxylation sites is 1. The molecule has 0 radical (unpaired) electrons. The number of hydrogen-bond donors (Lipinski definition) is 0. The topological polar surface area (TPSA) is 72.6 Å². The fourth-order valence-electron chi connectivity index (χ4n) is 3.62. The van der Waals surface area contributed by atoms with Crippen molar-refractivity contribution in [2.24, 2.45) is 0 Å². The van der Waals surface area contributed by atoms with Gasteiger partial charge >= 0.3 is 0 Å². The summed E-state index contributed by atoms with van der Waals surface area (Å²) >= 11 is 1.28. The molecule has 7 nitrogen and oxygen atoms in total. The predicted octanol–water partition coefficient (Wildman–Crippen LogP) is 4.85. The van der Waals surface area contributed by atoms with Crippen molar-refractivity contribution in [3.05, 3.63) is 78.6 Å². The zero-order valence-corrected chi connectivity index (χ0v) is 19.3. The number of benzene rings is 3. The highest BCUT2D eigenvalue weighted by Crippen LogP contribution is 2.30. The smallest absolute Gasteiger partial charge is 0.237 e. The van der Waals surface area contributed by atoms with Crippen molar-refractivity contribution in [2.75, 3.05) is 24.8 Å². The molecular weight excluding hydrogens is 453 g/mol. The highest BCUT2D eigenvalue weighted by atomic mass is 32.2. The lowest BCUT2D eigenvalue weighted by Gasteiger charge is -2.17. The van der Waals surface area contributed by atoms with E-state index in [1.807, 2.05) is 52.9 Å². The Balaban J connectivity index is 1.51. The van der Waals surface area contributed by atoms with Gasteiger partial charge in [0.05, 0.1) is 18.4 Å². The molecule has 0 fully saturated rings. The molecule has 0 spiro atoms. The van der Waals surface area contributed by atoms with E-state index in [1.165, 1.54) is 28.8 Å². The highest BCUT2D eigenvalue weighted by Gasteiger charge is 2.19. The number of fused-ring (bicyclic) bond motifs is 3. The molecule has 0 aliphatic rings. The highest BCUT2D eigenvalue weighted by molar-refractivity contribution is 7.99. The zero-order valence-electron chi connectivity index (χ0n) is 18.5. The summed E-state index contributed by atoms with van der Waals surface area (Å²) in [6.07, 6.45) is 0. The van der Waals surface area contributed by atoms with Gasteiger partial charge in [0.15, 0.2) is 10.8 Å². The maximum atomic E-state index is 13.2. The van der Waals surface area contributed by atoms with E-state index in [-0.39, 0.29) is 17.5 Å². The largest absolute Gasteiger partial charge is 0.497 e. The van der Waals surface area contributed by atoms with Crippen molar-refractivity contribution in [1.29, 1.82) is 0 Å². The summed E-state index contributed by atoms with van der Waals surface area (Å²) in [5.74, 6) is 1.05. The maximum Gasteiger partial charge on any atom is 0.237 e. The molecule has 0 bridgehead atoms. The Bertz CT molecular complexity index is 1490. The number of halogens is 1. The Kier molecular flexibility index (Phi) is 5.85. The van der Waals surface area contributed by atoms with E-state index in [9.17, 15) is 9.18 Å². The lowest BCUT2D eigenvalue weighted by molar-refractivity contribution is -0.115. The maximum absolute atomic E-state index is 13.2. The van der Waals surface area contributed by atoms with E-state index in [0.29, 0.717) is 22.3 Å². The molecule has 9 heteroatoms. The van der Waals surface area contributed by atoms with Crippen molar-refractivity contribution in [1.82, 2.24) is 19.6 Å². The SMILES string of the molecule is COc1ccc(-c2nc3ccccc3c3nnc(SCC(=O)N(C)c4ccc(F)cc4)n23)cc1. The van der Waals surface area contributed by atoms with Gasteiger partial charge in [-0.3, -0.25) is 9.20 Å². The standard InChI is InChI=1S/C25H20FN5O2S/c1-30(18-11-9-17(26)10-12-18)22(32)15-34-25-29-28-24-20-5-3-4-6-21(20)27-23(31(24)25)16-7-13-19(33-2)14-8-16/h3-14H,15H2,1-2H3. The van der Waals surface area contributed by atoms with E-state index in [0.717, 1.165) is 22.2 Å². The average molecular weight is 474 g/mol. The van der Waals surface area contributed by atoms with Crippen LogP contribution in [0.1, 0.15) is 0 Å². The number of nitrogens with zero attached hydrogens (tertiary/aromatic N) is 5. The molecule has 0 aliphatic carbocycles. The molecular formula is C25H20FN5O2S. The van der Waals surface area contributed by atoms with Gasteiger partial charge in [-0.25, -0.2) is 9.37 Å². The zero-order chi connectivity index (χ0) is 23.7. The fourth-order valence-corrected chi connectivity index (χ4v) is 4.47. The number of aromatic nitrogens is 4. The van der Waals surface area contributed by atoms with E-state index in [4.69, 9.17) is 9.72 Å². The second kappa shape index (κ2) is 9.11. The van der Waals surface area contributed by atoms with Crippen molar-refractivity contribution in [3.8, 4) is 17.1 Å². The van der Waals surface area contributed by atoms with Gasteiger partial charge in [0, 0.05) is 23.7 Å². The number of thioether (sulfide) groups is 1. The van der Waals surface area contributed by atoms with Gasteiger partial charge in [-0.2, -0.15) is 0 Å². The van der Waals surface area contributed by atoms with Crippen LogP contribution in [0.5, 0.6) is 5.75 Å². The summed E-state index contributed by atoms with van der Waals surface area (Å²) in [6.45, 7) is 0. The normalized spacial score (nSPS) is 11.1. The predicted molar refractivity (Wildman–Crippen MR) is 131 cm³/mol. The molecule has 2 aromatic heterocycles. The summed E-state index contributed by atoms with van der Waals surface area (Å²) in [7, 11) is 3.28. The van der Waals surface area contributed by atoms with Gasteiger partial charge in [-0.15, -0.1) is 10.2 Å².